The summed E-state index contributed by atoms with van der Waals surface area (Å²) in [6.45, 7) is 7.15. The van der Waals surface area contributed by atoms with Crippen LogP contribution in [0.1, 0.15) is 27.9 Å². The molecule has 0 saturated heterocycles. The first-order chi connectivity index (χ1) is 13.7. The summed E-state index contributed by atoms with van der Waals surface area (Å²) < 4.78 is 2.41. The molecule has 4 heterocycles. The van der Waals surface area contributed by atoms with Crippen molar-refractivity contribution >= 4 is 16.7 Å². The van der Waals surface area contributed by atoms with E-state index < -0.39 is 0 Å². The van der Waals surface area contributed by atoms with Crippen LogP contribution in [0.2, 0.25) is 0 Å². The number of benzene rings is 1. The molecular weight excluding hydrogens is 344 g/mol. The molecule has 0 bridgehead atoms. The van der Waals surface area contributed by atoms with Crippen LogP contribution in [0.4, 0.5) is 5.82 Å². The number of hydrogen-bond donors (Lipinski definition) is 0. The van der Waals surface area contributed by atoms with E-state index in [2.05, 4.69) is 64.7 Å². The molecule has 0 amide bonds. The van der Waals surface area contributed by atoms with Crippen LogP contribution in [-0.2, 0) is 19.5 Å². The Kier molecular flexibility index (Phi) is 4.12. The molecule has 5 rings (SSSR count). The van der Waals surface area contributed by atoms with Gasteiger partial charge in [-0.15, -0.1) is 0 Å². The van der Waals surface area contributed by atoms with E-state index in [1.54, 1.807) is 0 Å². The third-order valence-corrected chi connectivity index (χ3v) is 6.02. The molecule has 140 valence electrons. The van der Waals surface area contributed by atoms with Gasteiger partial charge in [0.25, 0.3) is 0 Å². The van der Waals surface area contributed by atoms with E-state index >= 15 is 0 Å². The molecule has 3 aromatic heterocycles. The average molecular weight is 368 g/mol. The number of rotatable bonds is 3. The lowest BCUT2D eigenvalue weighted by Gasteiger charge is -2.30. The second-order valence-electron chi connectivity index (χ2n) is 7.63. The highest BCUT2D eigenvalue weighted by Gasteiger charge is 2.22. The molecule has 1 aliphatic heterocycles. The highest BCUT2D eigenvalue weighted by molar-refractivity contribution is 5.93. The summed E-state index contributed by atoms with van der Waals surface area (Å²) in [5, 5.41) is 1.30. The van der Waals surface area contributed by atoms with Gasteiger partial charge in [-0.1, -0.05) is 30.3 Å². The van der Waals surface area contributed by atoms with Gasteiger partial charge in [0, 0.05) is 49.3 Å². The van der Waals surface area contributed by atoms with Gasteiger partial charge in [0.2, 0.25) is 0 Å². The quantitative estimate of drug-likeness (QED) is 0.527. The normalized spacial score (nSPS) is 13.7. The number of anilines is 1. The molecule has 0 spiro atoms. The summed E-state index contributed by atoms with van der Waals surface area (Å²) in [6.07, 6.45) is 6.80. The molecule has 1 aliphatic rings. The fourth-order valence-corrected chi connectivity index (χ4v) is 4.36. The van der Waals surface area contributed by atoms with Gasteiger partial charge in [0.15, 0.2) is 5.82 Å². The van der Waals surface area contributed by atoms with Crippen LogP contribution in [-0.4, -0.2) is 21.1 Å². The van der Waals surface area contributed by atoms with Crippen LogP contribution in [0.3, 0.4) is 0 Å². The third-order valence-electron chi connectivity index (χ3n) is 6.02. The Morgan fingerprint density at radius 1 is 0.964 bits per heavy atom. The third kappa shape index (κ3) is 2.76. The lowest BCUT2D eigenvalue weighted by Crippen LogP contribution is -2.31. The van der Waals surface area contributed by atoms with Crippen molar-refractivity contribution in [1.82, 2.24) is 14.5 Å². The minimum absolute atomic E-state index is 0.813. The predicted octanol–water partition coefficient (Wildman–Crippen LogP) is 4.66. The number of aromatic nitrogens is 3. The number of hydrogen-bond acceptors (Lipinski definition) is 3. The molecule has 4 aromatic rings. The molecule has 4 heteroatoms. The van der Waals surface area contributed by atoms with Crippen molar-refractivity contribution in [2.75, 3.05) is 11.4 Å². The highest BCUT2D eigenvalue weighted by atomic mass is 15.2. The topological polar surface area (TPSA) is 34.0 Å². The highest BCUT2D eigenvalue weighted by Crippen LogP contribution is 2.34. The second-order valence-corrected chi connectivity index (χ2v) is 7.63. The Morgan fingerprint density at radius 2 is 1.82 bits per heavy atom. The molecule has 0 radical (unpaired) electrons. The van der Waals surface area contributed by atoms with E-state index in [1.807, 2.05) is 24.7 Å². The van der Waals surface area contributed by atoms with Crippen molar-refractivity contribution in [3.05, 3.63) is 89.0 Å². The lowest BCUT2D eigenvalue weighted by atomic mass is 10.00. The van der Waals surface area contributed by atoms with Gasteiger partial charge < -0.3 is 9.47 Å². The molecule has 0 unspecified atom stereocenters. The minimum atomic E-state index is 0.813. The molecule has 4 nitrogen and oxygen atoms in total. The second kappa shape index (κ2) is 6.79. The molecule has 28 heavy (non-hydrogen) atoms. The molecular formula is C24H24N4. The zero-order chi connectivity index (χ0) is 19.1. The first kappa shape index (κ1) is 17.0. The Labute approximate surface area is 165 Å². The number of pyridine rings is 2. The van der Waals surface area contributed by atoms with Crippen LogP contribution in [0, 0.1) is 13.8 Å². The van der Waals surface area contributed by atoms with Gasteiger partial charge >= 0.3 is 0 Å². The molecule has 0 fully saturated rings. The zero-order valence-corrected chi connectivity index (χ0v) is 16.4. The maximum Gasteiger partial charge on any atom is 0.153 e. The van der Waals surface area contributed by atoms with Gasteiger partial charge in [0.05, 0.1) is 5.52 Å². The summed E-state index contributed by atoms with van der Waals surface area (Å²) in [5.41, 5.74) is 7.95. The van der Waals surface area contributed by atoms with Gasteiger partial charge in [-0.3, -0.25) is 4.98 Å². The predicted molar refractivity (Wildman–Crippen MR) is 114 cm³/mol. The van der Waals surface area contributed by atoms with Crippen molar-refractivity contribution in [3.8, 4) is 0 Å². The van der Waals surface area contributed by atoms with E-state index in [1.165, 1.54) is 38.9 Å². The van der Waals surface area contributed by atoms with Gasteiger partial charge in [0.1, 0.15) is 0 Å². The zero-order valence-electron chi connectivity index (χ0n) is 16.4. The fourth-order valence-electron chi connectivity index (χ4n) is 4.36. The van der Waals surface area contributed by atoms with Gasteiger partial charge in [-0.05, 0) is 54.7 Å². The molecule has 0 saturated carbocycles. The molecule has 0 aliphatic carbocycles. The average Bonchev–Trinajstić information content (AvgIpc) is 2.99. The van der Waals surface area contributed by atoms with Crippen LogP contribution in [0.5, 0.6) is 0 Å². The lowest BCUT2D eigenvalue weighted by molar-refractivity contribution is 0.717. The maximum atomic E-state index is 4.85. The summed E-state index contributed by atoms with van der Waals surface area (Å²) in [4.78, 5) is 11.6. The maximum absolute atomic E-state index is 4.85. The van der Waals surface area contributed by atoms with Crippen LogP contribution in [0.25, 0.3) is 10.9 Å². The Bertz CT molecular complexity index is 1140. The minimum Gasteiger partial charge on any atom is -0.350 e. The van der Waals surface area contributed by atoms with Crippen molar-refractivity contribution < 1.29 is 0 Å². The molecule has 0 atom stereocenters. The summed E-state index contributed by atoms with van der Waals surface area (Å²) in [6, 6.07) is 15.1. The van der Waals surface area contributed by atoms with E-state index in [4.69, 9.17) is 4.98 Å². The number of fused-ring (bicyclic) bond motifs is 2. The Hall–Kier alpha value is -3.14. The summed E-state index contributed by atoms with van der Waals surface area (Å²) in [7, 11) is 0. The van der Waals surface area contributed by atoms with Gasteiger partial charge in [-0.2, -0.15) is 0 Å². The standard InChI is InChI=1S/C24H24N4/c1-17-18(2)28(15-19-6-5-11-25-14-19)23-22(17)9-12-26-24(23)27-13-10-20-7-3-4-8-21(20)16-27/h3-9,11-12,14H,10,13,15-16H2,1-2H3. The SMILES string of the molecule is Cc1c(C)n(Cc2cccnc2)c2c(N3CCc4ccccc4C3)nccc12. The van der Waals surface area contributed by atoms with Crippen molar-refractivity contribution in [3.63, 3.8) is 0 Å². The van der Waals surface area contributed by atoms with Crippen LogP contribution in [0.15, 0.2) is 61.1 Å². The van der Waals surface area contributed by atoms with E-state index in [0.717, 1.165) is 31.9 Å². The monoisotopic (exact) mass is 368 g/mol. The first-order valence-corrected chi connectivity index (χ1v) is 9.87. The van der Waals surface area contributed by atoms with Crippen molar-refractivity contribution in [1.29, 1.82) is 0 Å². The Morgan fingerprint density at radius 3 is 2.64 bits per heavy atom. The van der Waals surface area contributed by atoms with Gasteiger partial charge in [-0.25, -0.2) is 4.98 Å². The first-order valence-electron chi connectivity index (χ1n) is 9.87. The van der Waals surface area contributed by atoms with E-state index in [9.17, 15) is 0 Å². The summed E-state index contributed by atoms with van der Waals surface area (Å²) >= 11 is 0. The smallest absolute Gasteiger partial charge is 0.153 e. The molecule has 0 N–H and O–H groups in total. The fraction of sp³-hybridized carbons (Fsp3) is 0.250. The van der Waals surface area contributed by atoms with Crippen LogP contribution < -0.4 is 4.90 Å². The van der Waals surface area contributed by atoms with Crippen molar-refractivity contribution in [2.24, 2.45) is 0 Å². The van der Waals surface area contributed by atoms with Crippen LogP contribution >= 0.6 is 0 Å². The number of aryl methyl sites for hydroxylation is 1. The number of nitrogens with zero attached hydrogens (tertiary/aromatic N) is 4. The largest absolute Gasteiger partial charge is 0.350 e. The van der Waals surface area contributed by atoms with E-state index in [0.29, 0.717) is 0 Å². The molecule has 1 aromatic carbocycles. The Balaban J connectivity index is 1.63. The van der Waals surface area contributed by atoms with E-state index in [-0.39, 0.29) is 0 Å². The summed E-state index contributed by atoms with van der Waals surface area (Å²) in [5.74, 6) is 1.09. The van der Waals surface area contributed by atoms with Crippen molar-refractivity contribution in [2.45, 2.75) is 33.4 Å².